The Balaban J connectivity index is 2.22. The molecular formula is C15H19N3O2S. The van der Waals surface area contributed by atoms with Crippen LogP contribution in [0.5, 0.6) is 0 Å². The minimum atomic E-state index is -0.845. The maximum atomic E-state index is 10.7. The Bertz CT molecular complexity index is 608. The Hall–Kier alpha value is -1.82. The van der Waals surface area contributed by atoms with Crippen LogP contribution in [0.1, 0.15) is 30.3 Å². The minimum absolute atomic E-state index is 0.00183. The first-order valence-electron chi connectivity index (χ1n) is 6.92. The summed E-state index contributed by atoms with van der Waals surface area (Å²) in [5, 5.41) is 17.8. The Labute approximate surface area is 128 Å². The first-order valence-corrected chi connectivity index (χ1v) is 7.91. The van der Waals surface area contributed by atoms with Crippen molar-refractivity contribution in [3.63, 3.8) is 0 Å². The second-order valence-corrected chi connectivity index (χ2v) is 5.85. The minimum Gasteiger partial charge on any atom is -0.481 e. The standard InChI is InChI=1S/C15H19N3O2S/c1-3-4-13-16-17-15(21-10-14(19)20)18(13)9-12-7-5-11(2)6-8-12/h5-8H,3-4,9-10H2,1-2H3,(H,19,20). The van der Waals surface area contributed by atoms with Gasteiger partial charge < -0.3 is 9.67 Å². The fourth-order valence-corrected chi connectivity index (χ4v) is 2.67. The van der Waals surface area contributed by atoms with Crippen LogP contribution in [0.2, 0.25) is 0 Å². The van der Waals surface area contributed by atoms with Crippen molar-refractivity contribution in [2.75, 3.05) is 5.75 Å². The van der Waals surface area contributed by atoms with Crippen molar-refractivity contribution in [1.82, 2.24) is 14.8 Å². The zero-order chi connectivity index (χ0) is 15.2. The average Bonchev–Trinajstić information content (AvgIpc) is 2.82. The third-order valence-corrected chi connectivity index (χ3v) is 4.00. The van der Waals surface area contributed by atoms with Crippen LogP contribution in [-0.2, 0) is 17.8 Å². The fourth-order valence-electron chi connectivity index (χ4n) is 2.00. The first-order chi connectivity index (χ1) is 10.1. The highest BCUT2D eigenvalue weighted by atomic mass is 32.2. The second-order valence-electron chi connectivity index (χ2n) is 4.90. The summed E-state index contributed by atoms with van der Waals surface area (Å²) in [7, 11) is 0. The summed E-state index contributed by atoms with van der Waals surface area (Å²) in [4.78, 5) is 10.7. The molecule has 2 aromatic rings. The zero-order valence-corrected chi connectivity index (χ0v) is 13.1. The largest absolute Gasteiger partial charge is 0.481 e. The molecule has 0 aliphatic heterocycles. The Morgan fingerprint density at radius 2 is 2.00 bits per heavy atom. The van der Waals surface area contributed by atoms with E-state index in [4.69, 9.17) is 5.11 Å². The molecule has 0 amide bonds. The lowest BCUT2D eigenvalue weighted by molar-refractivity contribution is -0.133. The molecule has 1 heterocycles. The number of hydrogen-bond donors (Lipinski definition) is 1. The quantitative estimate of drug-likeness (QED) is 0.797. The molecule has 0 aliphatic carbocycles. The third-order valence-electron chi connectivity index (χ3n) is 3.05. The number of carboxylic acids is 1. The molecule has 0 saturated carbocycles. The van der Waals surface area contributed by atoms with Crippen LogP contribution in [0.3, 0.4) is 0 Å². The molecule has 1 aromatic carbocycles. The van der Waals surface area contributed by atoms with Gasteiger partial charge in [-0.15, -0.1) is 10.2 Å². The van der Waals surface area contributed by atoms with E-state index in [1.165, 1.54) is 17.3 Å². The van der Waals surface area contributed by atoms with Crippen molar-refractivity contribution >= 4 is 17.7 Å². The van der Waals surface area contributed by atoms with Gasteiger partial charge in [-0.2, -0.15) is 0 Å². The lowest BCUT2D eigenvalue weighted by Gasteiger charge is -2.09. The molecule has 0 spiro atoms. The van der Waals surface area contributed by atoms with Gasteiger partial charge in [-0.1, -0.05) is 48.5 Å². The molecule has 6 heteroatoms. The normalized spacial score (nSPS) is 10.8. The third kappa shape index (κ3) is 4.32. The van der Waals surface area contributed by atoms with Crippen molar-refractivity contribution < 1.29 is 9.90 Å². The summed E-state index contributed by atoms with van der Waals surface area (Å²) in [5.74, 6) is 0.0610. The number of thioether (sulfide) groups is 1. The van der Waals surface area contributed by atoms with E-state index in [0.717, 1.165) is 24.2 Å². The first kappa shape index (κ1) is 15.6. The summed E-state index contributed by atoms with van der Waals surface area (Å²) in [6, 6.07) is 8.31. The van der Waals surface area contributed by atoms with Gasteiger partial charge in [0.15, 0.2) is 5.16 Å². The van der Waals surface area contributed by atoms with Gasteiger partial charge in [0.2, 0.25) is 0 Å². The van der Waals surface area contributed by atoms with E-state index in [2.05, 4.69) is 48.3 Å². The molecule has 21 heavy (non-hydrogen) atoms. The Kier molecular flexibility index (Phi) is 5.38. The highest BCUT2D eigenvalue weighted by Gasteiger charge is 2.13. The fraction of sp³-hybridized carbons (Fsp3) is 0.400. The Morgan fingerprint density at radius 1 is 1.29 bits per heavy atom. The van der Waals surface area contributed by atoms with Crippen molar-refractivity contribution in [3.8, 4) is 0 Å². The van der Waals surface area contributed by atoms with E-state index in [1.54, 1.807) is 0 Å². The van der Waals surface area contributed by atoms with Crippen LogP contribution in [0.25, 0.3) is 0 Å². The van der Waals surface area contributed by atoms with Gasteiger partial charge in [-0.25, -0.2) is 0 Å². The van der Waals surface area contributed by atoms with Gasteiger partial charge in [0.1, 0.15) is 5.82 Å². The van der Waals surface area contributed by atoms with E-state index in [1.807, 2.05) is 4.57 Å². The topological polar surface area (TPSA) is 68.0 Å². The summed E-state index contributed by atoms with van der Waals surface area (Å²) in [5.41, 5.74) is 2.38. The molecule has 0 fully saturated rings. The monoisotopic (exact) mass is 305 g/mol. The number of aryl methyl sites for hydroxylation is 2. The van der Waals surface area contributed by atoms with Gasteiger partial charge in [0.25, 0.3) is 0 Å². The van der Waals surface area contributed by atoms with Crippen molar-refractivity contribution in [2.24, 2.45) is 0 Å². The van der Waals surface area contributed by atoms with E-state index < -0.39 is 5.97 Å². The van der Waals surface area contributed by atoms with Crippen molar-refractivity contribution in [3.05, 3.63) is 41.2 Å². The van der Waals surface area contributed by atoms with Gasteiger partial charge in [-0.3, -0.25) is 4.79 Å². The molecule has 112 valence electrons. The van der Waals surface area contributed by atoms with Crippen molar-refractivity contribution in [1.29, 1.82) is 0 Å². The average molecular weight is 305 g/mol. The van der Waals surface area contributed by atoms with Gasteiger partial charge in [-0.05, 0) is 18.9 Å². The van der Waals surface area contributed by atoms with Crippen LogP contribution in [0, 0.1) is 6.92 Å². The highest BCUT2D eigenvalue weighted by Crippen LogP contribution is 2.19. The summed E-state index contributed by atoms with van der Waals surface area (Å²) in [6.07, 6.45) is 1.82. The molecule has 0 saturated heterocycles. The number of carbonyl (C=O) groups is 1. The predicted octanol–water partition coefficient (Wildman–Crippen LogP) is 2.76. The molecule has 5 nitrogen and oxygen atoms in total. The predicted molar refractivity (Wildman–Crippen MR) is 82.7 cm³/mol. The van der Waals surface area contributed by atoms with Crippen molar-refractivity contribution in [2.45, 2.75) is 38.4 Å². The number of aliphatic carboxylic acids is 1. The second kappa shape index (κ2) is 7.26. The maximum Gasteiger partial charge on any atom is 0.313 e. The zero-order valence-electron chi connectivity index (χ0n) is 12.2. The molecule has 1 aromatic heterocycles. The molecule has 0 unspecified atom stereocenters. The summed E-state index contributed by atoms with van der Waals surface area (Å²) < 4.78 is 2.02. The number of benzene rings is 1. The molecule has 0 atom stereocenters. The van der Waals surface area contributed by atoms with Gasteiger partial charge >= 0.3 is 5.97 Å². The molecular weight excluding hydrogens is 286 g/mol. The molecule has 0 radical (unpaired) electrons. The van der Waals surface area contributed by atoms with E-state index in [9.17, 15) is 4.79 Å². The van der Waals surface area contributed by atoms with Crippen LogP contribution in [0.15, 0.2) is 29.4 Å². The lowest BCUT2D eigenvalue weighted by atomic mass is 10.1. The number of hydrogen-bond acceptors (Lipinski definition) is 4. The van der Waals surface area contributed by atoms with E-state index in [0.29, 0.717) is 11.7 Å². The van der Waals surface area contributed by atoms with E-state index >= 15 is 0 Å². The smallest absolute Gasteiger partial charge is 0.313 e. The molecule has 0 aliphatic rings. The van der Waals surface area contributed by atoms with E-state index in [-0.39, 0.29) is 5.75 Å². The Morgan fingerprint density at radius 3 is 2.62 bits per heavy atom. The summed E-state index contributed by atoms with van der Waals surface area (Å²) >= 11 is 1.21. The van der Waals surface area contributed by atoms with Gasteiger partial charge in [0, 0.05) is 6.42 Å². The number of carboxylic acid groups (broad SMARTS) is 1. The van der Waals surface area contributed by atoms with Crippen LogP contribution < -0.4 is 0 Å². The number of nitrogens with zero attached hydrogens (tertiary/aromatic N) is 3. The molecule has 1 N–H and O–H groups in total. The van der Waals surface area contributed by atoms with Gasteiger partial charge in [0.05, 0.1) is 12.3 Å². The molecule has 2 rings (SSSR count). The van der Waals surface area contributed by atoms with Crippen LogP contribution >= 0.6 is 11.8 Å². The highest BCUT2D eigenvalue weighted by molar-refractivity contribution is 7.99. The number of aromatic nitrogens is 3. The SMILES string of the molecule is CCCc1nnc(SCC(=O)O)n1Cc1ccc(C)cc1. The lowest BCUT2D eigenvalue weighted by Crippen LogP contribution is -2.08. The van der Waals surface area contributed by atoms with Crippen LogP contribution in [0.4, 0.5) is 0 Å². The van der Waals surface area contributed by atoms with Crippen LogP contribution in [-0.4, -0.2) is 31.6 Å². The molecule has 0 bridgehead atoms. The summed E-state index contributed by atoms with van der Waals surface area (Å²) in [6.45, 7) is 4.82. The maximum absolute atomic E-state index is 10.7. The number of rotatable bonds is 7.